The molecule has 2 heterocycles. The van der Waals surface area contributed by atoms with Crippen molar-refractivity contribution in [3.8, 4) is 0 Å². The molecule has 8 heteroatoms. The van der Waals surface area contributed by atoms with Crippen molar-refractivity contribution >= 4 is 35.0 Å². The Morgan fingerprint density at radius 1 is 1.45 bits per heavy atom. The lowest BCUT2D eigenvalue weighted by Crippen LogP contribution is -2.40. The Balaban J connectivity index is 2.07. The molecule has 1 aromatic rings. The Morgan fingerprint density at radius 3 is 2.90 bits per heavy atom. The molecular weight excluding hydrogens is 284 g/mol. The van der Waals surface area contributed by atoms with Gasteiger partial charge in [0, 0.05) is 6.42 Å². The monoisotopic (exact) mass is 298 g/mol. The van der Waals surface area contributed by atoms with Crippen molar-refractivity contribution in [1.29, 1.82) is 0 Å². The Bertz CT molecular complexity index is 550. The molecular formula is C12H15ClN4O3. The Morgan fingerprint density at radius 2 is 2.20 bits per heavy atom. The highest BCUT2D eigenvalue weighted by Gasteiger charge is 2.28. The van der Waals surface area contributed by atoms with E-state index in [2.05, 4.69) is 20.6 Å². The molecule has 20 heavy (non-hydrogen) atoms. The summed E-state index contributed by atoms with van der Waals surface area (Å²) in [5, 5.41) is 5.80. The number of ether oxygens (including phenoxy) is 1. The van der Waals surface area contributed by atoms with Crippen LogP contribution in [0.25, 0.3) is 0 Å². The number of aromatic nitrogens is 2. The number of halogens is 1. The molecule has 0 aliphatic carbocycles. The zero-order valence-electron chi connectivity index (χ0n) is 11.2. The van der Waals surface area contributed by atoms with Gasteiger partial charge < -0.3 is 15.4 Å². The molecule has 1 aliphatic rings. The first-order chi connectivity index (χ1) is 9.51. The first-order valence-corrected chi connectivity index (χ1v) is 6.66. The lowest BCUT2D eigenvalue weighted by Gasteiger charge is -2.26. The smallest absolute Gasteiger partial charge is 0.305 e. The molecule has 2 N–H and O–H groups in total. The maximum Gasteiger partial charge on any atom is 0.305 e. The standard InChI is InChI=1S/C12H15ClN4O3/c1-3-20-8(18)5-4-7-11(19)16-9-6(2)14-12(13)17-10(9)15-7/h7H,3-5H2,1-2H3,(H,16,19)(H,14,15,17). The van der Waals surface area contributed by atoms with Crippen LogP contribution in [0.15, 0.2) is 0 Å². The van der Waals surface area contributed by atoms with Crippen molar-refractivity contribution in [3.05, 3.63) is 11.0 Å². The fraction of sp³-hybridized carbons (Fsp3) is 0.500. The summed E-state index contributed by atoms with van der Waals surface area (Å²) in [4.78, 5) is 31.3. The highest BCUT2D eigenvalue weighted by molar-refractivity contribution is 6.28. The Hall–Kier alpha value is -1.89. The lowest BCUT2D eigenvalue weighted by molar-refractivity contribution is -0.143. The van der Waals surface area contributed by atoms with Crippen LogP contribution in [-0.2, 0) is 14.3 Å². The molecule has 0 spiro atoms. The molecule has 0 aromatic carbocycles. The van der Waals surface area contributed by atoms with E-state index < -0.39 is 6.04 Å². The van der Waals surface area contributed by atoms with E-state index in [4.69, 9.17) is 16.3 Å². The number of fused-ring (bicyclic) bond motifs is 1. The van der Waals surface area contributed by atoms with Gasteiger partial charge in [-0.3, -0.25) is 9.59 Å². The van der Waals surface area contributed by atoms with Gasteiger partial charge in [-0.25, -0.2) is 4.98 Å². The van der Waals surface area contributed by atoms with Crippen LogP contribution < -0.4 is 10.6 Å². The predicted octanol–water partition coefficient (Wildman–Crippen LogP) is 1.51. The van der Waals surface area contributed by atoms with E-state index >= 15 is 0 Å². The topological polar surface area (TPSA) is 93.2 Å². The van der Waals surface area contributed by atoms with E-state index in [0.29, 0.717) is 30.2 Å². The molecule has 1 aliphatic heterocycles. The molecule has 0 radical (unpaired) electrons. The van der Waals surface area contributed by atoms with Crippen molar-refractivity contribution in [2.24, 2.45) is 0 Å². The van der Waals surface area contributed by atoms with Crippen LogP contribution in [0.2, 0.25) is 5.28 Å². The van der Waals surface area contributed by atoms with Gasteiger partial charge in [0.2, 0.25) is 11.2 Å². The van der Waals surface area contributed by atoms with Gasteiger partial charge >= 0.3 is 5.97 Å². The summed E-state index contributed by atoms with van der Waals surface area (Å²) in [7, 11) is 0. The fourth-order valence-electron chi connectivity index (χ4n) is 1.93. The highest BCUT2D eigenvalue weighted by atomic mass is 35.5. The maximum atomic E-state index is 12.0. The first kappa shape index (κ1) is 14.5. The molecule has 2 rings (SSSR count). The van der Waals surface area contributed by atoms with Crippen molar-refractivity contribution < 1.29 is 14.3 Å². The van der Waals surface area contributed by atoms with Gasteiger partial charge in [-0.2, -0.15) is 4.98 Å². The molecule has 0 saturated heterocycles. The molecule has 0 fully saturated rings. The predicted molar refractivity (Wildman–Crippen MR) is 73.7 cm³/mol. The Kier molecular flexibility index (Phi) is 4.39. The van der Waals surface area contributed by atoms with Gasteiger partial charge in [-0.15, -0.1) is 0 Å². The minimum Gasteiger partial charge on any atom is -0.466 e. The third-order valence-corrected chi connectivity index (χ3v) is 3.05. The molecule has 0 bridgehead atoms. The number of nitrogens with zero attached hydrogens (tertiary/aromatic N) is 2. The van der Waals surface area contributed by atoms with Crippen LogP contribution in [0.5, 0.6) is 0 Å². The summed E-state index contributed by atoms with van der Waals surface area (Å²) >= 11 is 5.79. The third-order valence-electron chi connectivity index (χ3n) is 2.88. The average Bonchev–Trinajstić information content (AvgIpc) is 2.38. The quantitative estimate of drug-likeness (QED) is 0.646. The maximum absolute atomic E-state index is 12.0. The number of nitrogens with one attached hydrogen (secondary N) is 2. The van der Waals surface area contributed by atoms with Crippen molar-refractivity contribution in [1.82, 2.24) is 9.97 Å². The van der Waals surface area contributed by atoms with Crippen LogP contribution in [0.4, 0.5) is 11.5 Å². The van der Waals surface area contributed by atoms with Crippen LogP contribution in [-0.4, -0.2) is 34.5 Å². The van der Waals surface area contributed by atoms with Crippen molar-refractivity contribution in [2.75, 3.05) is 17.2 Å². The van der Waals surface area contributed by atoms with Crippen molar-refractivity contribution in [3.63, 3.8) is 0 Å². The number of carbonyl (C=O) groups excluding carboxylic acids is 2. The zero-order chi connectivity index (χ0) is 14.7. The van der Waals surface area contributed by atoms with Crippen LogP contribution >= 0.6 is 11.6 Å². The summed E-state index contributed by atoms with van der Waals surface area (Å²) < 4.78 is 4.83. The van der Waals surface area contributed by atoms with Crippen molar-refractivity contribution in [2.45, 2.75) is 32.7 Å². The number of anilines is 2. The Labute approximate surface area is 121 Å². The summed E-state index contributed by atoms with van der Waals surface area (Å²) in [6.07, 6.45) is 0.483. The number of aryl methyl sites for hydroxylation is 1. The largest absolute Gasteiger partial charge is 0.466 e. The third kappa shape index (κ3) is 3.16. The summed E-state index contributed by atoms with van der Waals surface area (Å²) in [6, 6.07) is -0.544. The van der Waals surface area contributed by atoms with Gasteiger partial charge in [-0.1, -0.05) is 0 Å². The van der Waals surface area contributed by atoms with Crippen LogP contribution in [0.3, 0.4) is 0 Å². The molecule has 7 nitrogen and oxygen atoms in total. The minimum absolute atomic E-state index is 0.106. The minimum atomic E-state index is -0.544. The van der Waals surface area contributed by atoms with E-state index in [1.54, 1.807) is 13.8 Å². The second-order valence-electron chi connectivity index (χ2n) is 4.33. The van der Waals surface area contributed by atoms with Crippen LogP contribution in [0, 0.1) is 6.92 Å². The molecule has 1 amide bonds. The molecule has 1 atom stereocenters. The second kappa shape index (κ2) is 6.04. The SMILES string of the molecule is CCOC(=O)CCC1Nc2nc(Cl)nc(C)c2NC1=O. The van der Waals surface area contributed by atoms with Gasteiger partial charge in [0.25, 0.3) is 0 Å². The average molecular weight is 299 g/mol. The van der Waals surface area contributed by atoms with E-state index in [0.717, 1.165) is 0 Å². The number of carbonyl (C=O) groups is 2. The van der Waals surface area contributed by atoms with Crippen LogP contribution in [0.1, 0.15) is 25.5 Å². The number of amides is 1. The molecule has 1 aromatic heterocycles. The zero-order valence-corrected chi connectivity index (χ0v) is 12.0. The normalized spacial score (nSPS) is 16.9. The first-order valence-electron chi connectivity index (χ1n) is 6.28. The highest BCUT2D eigenvalue weighted by Crippen LogP contribution is 2.29. The fourth-order valence-corrected chi connectivity index (χ4v) is 2.14. The van der Waals surface area contributed by atoms with E-state index in [1.807, 2.05) is 0 Å². The van der Waals surface area contributed by atoms with E-state index in [1.165, 1.54) is 0 Å². The molecule has 0 saturated carbocycles. The number of esters is 1. The summed E-state index contributed by atoms with van der Waals surface area (Å²) in [5.74, 6) is -0.0865. The van der Waals surface area contributed by atoms with Gasteiger partial charge in [0.05, 0.1) is 12.3 Å². The molecule has 108 valence electrons. The summed E-state index contributed by atoms with van der Waals surface area (Å²) in [5.41, 5.74) is 1.11. The lowest BCUT2D eigenvalue weighted by atomic mass is 10.1. The summed E-state index contributed by atoms with van der Waals surface area (Å²) in [6.45, 7) is 3.79. The van der Waals surface area contributed by atoms with E-state index in [9.17, 15) is 9.59 Å². The van der Waals surface area contributed by atoms with Gasteiger partial charge in [0.15, 0.2) is 5.82 Å². The second-order valence-corrected chi connectivity index (χ2v) is 4.67. The van der Waals surface area contributed by atoms with Gasteiger partial charge in [-0.05, 0) is 31.9 Å². The molecule has 1 unspecified atom stereocenters. The number of hydrogen-bond donors (Lipinski definition) is 2. The number of hydrogen-bond acceptors (Lipinski definition) is 6. The van der Waals surface area contributed by atoms with Gasteiger partial charge in [0.1, 0.15) is 11.7 Å². The van der Waals surface area contributed by atoms with E-state index in [-0.39, 0.29) is 23.6 Å². The number of rotatable bonds is 4.